The highest BCUT2D eigenvalue weighted by Crippen LogP contribution is 2.22. The van der Waals surface area contributed by atoms with Gasteiger partial charge in [0.1, 0.15) is 5.56 Å². The lowest BCUT2D eigenvalue weighted by Crippen LogP contribution is -2.40. The third kappa shape index (κ3) is 4.34. The Morgan fingerprint density at radius 2 is 1.84 bits per heavy atom. The first-order chi connectivity index (χ1) is 12.2. The van der Waals surface area contributed by atoms with E-state index >= 15 is 0 Å². The molecule has 4 nitrogen and oxygen atoms in total. The molecule has 0 aromatic carbocycles. The topological polar surface area (TPSA) is 51.1 Å². The normalized spacial score (nSPS) is 18.4. The van der Waals surface area contributed by atoms with Crippen molar-refractivity contribution in [3.63, 3.8) is 0 Å². The lowest BCUT2D eigenvalue weighted by Gasteiger charge is -2.23. The van der Waals surface area contributed by atoms with Gasteiger partial charge in [0.15, 0.2) is 0 Å². The highest BCUT2D eigenvalue weighted by atomic mass is 16.2. The molecule has 0 atom stereocenters. The number of nitrogens with zero attached hydrogens (tertiary/aromatic N) is 1. The van der Waals surface area contributed by atoms with E-state index in [4.69, 9.17) is 0 Å². The maximum Gasteiger partial charge on any atom is 0.263 e. The van der Waals surface area contributed by atoms with Gasteiger partial charge in [-0.3, -0.25) is 9.59 Å². The summed E-state index contributed by atoms with van der Waals surface area (Å²) in [4.78, 5) is 25.9. The highest BCUT2D eigenvalue weighted by molar-refractivity contribution is 5.94. The monoisotopic (exact) mass is 344 g/mol. The van der Waals surface area contributed by atoms with Gasteiger partial charge in [-0.2, -0.15) is 0 Å². The average molecular weight is 344 g/mol. The fraction of sp³-hybridized carbons (Fsp3) is 0.714. The van der Waals surface area contributed by atoms with Gasteiger partial charge in [-0.05, 0) is 56.6 Å². The van der Waals surface area contributed by atoms with Crippen LogP contribution in [-0.4, -0.2) is 16.5 Å². The SMILES string of the molecule is CCCCn1c2c(cc(C(=O)NC3CCCCC3)c1=O)CCCCC2. The van der Waals surface area contributed by atoms with E-state index in [0.29, 0.717) is 5.56 Å². The summed E-state index contributed by atoms with van der Waals surface area (Å²) >= 11 is 0. The summed E-state index contributed by atoms with van der Waals surface area (Å²) < 4.78 is 1.92. The molecule has 1 saturated carbocycles. The molecule has 25 heavy (non-hydrogen) atoms. The zero-order chi connectivity index (χ0) is 17.6. The lowest BCUT2D eigenvalue weighted by molar-refractivity contribution is 0.0925. The van der Waals surface area contributed by atoms with Crippen molar-refractivity contribution < 1.29 is 4.79 Å². The van der Waals surface area contributed by atoms with Gasteiger partial charge in [-0.25, -0.2) is 0 Å². The van der Waals surface area contributed by atoms with Crippen LogP contribution in [-0.2, 0) is 19.4 Å². The Labute approximate surface area is 151 Å². The Balaban J connectivity index is 1.91. The highest BCUT2D eigenvalue weighted by Gasteiger charge is 2.22. The molecule has 0 unspecified atom stereocenters. The van der Waals surface area contributed by atoms with Gasteiger partial charge in [0.05, 0.1) is 0 Å². The van der Waals surface area contributed by atoms with Gasteiger partial charge >= 0.3 is 0 Å². The van der Waals surface area contributed by atoms with Crippen LogP contribution in [0.15, 0.2) is 10.9 Å². The minimum Gasteiger partial charge on any atom is -0.349 e. The molecule has 0 spiro atoms. The molecular formula is C21H32N2O2. The number of hydrogen-bond donors (Lipinski definition) is 1. The molecule has 0 aliphatic heterocycles. The number of unbranched alkanes of at least 4 members (excludes halogenated alkanes) is 1. The molecule has 2 aliphatic rings. The molecule has 1 N–H and O–H groups in total. The number of rotatable bonds is 5. The van der Waals surface area contributed by atoms with Crippen molar-refractivity contribution in [2.24, 2.45) is 0 Å². The maximum atomic E-state index is 13.0. The fourth-order valence-electron chi connectivity index (χ4n) is 4.28. The van der Waals surface area contributed by atoms with E-state index in [-0.39, 0.29) is 17.5 Å². The molecular weight excluding hydrogens is 312 g/mol. The molecule has 1 heterocycles. The average Bonchev–Trinajstić information content (AvgIpc) is 2.86. The van der Waals surface area contributed by atoms with E-state index in [1.165, 1.54) is 36.9 Å². The van der Waals surface area contributed by atoms with Crippen LogP contribution in [0.2, 0.25) is 0 Å². The minimum atomic E-state index is -0.158. The summed E-state index contributed by atoms with van der Waals surface area (Å²) in [5.41, 5.74) is 2.69. The predicted octanol–water partition coefficient (Wildman–Crippen LogP) is 3.98. The number of hydrogen-bond acceptors (Lipinski definition) is 2. The van der Waals surface area contributed by atoms with Crippen molar-refractivity contribution in [1.29, 1.82) is 0 Å². The standard InChI is InChI=1S/C21H32N2O2/c1-2-3-14-23-19-13-9-4-6-10-16(19)15-18(21(23)25)20(24)22-17-11-7-5-8-12-17/h15,17H,2-14H2,1H3,(H,22,24). The Bertz CT molecular complexity index is 657. The van der Waals surface area contributed by atoms with Crippen molar-refractivity contribution >= 4 is 5.91 Å². The van der Waals surface area contributed by atoms with Gasteiger partial charge < -0.3 is 9.88 Å². The molecule has 138 valence electrons. The third-order valence-electron chi connectivity index (χ3n) is 5.77. The molecule has 3 rings (SSSR count). The quantitative estimate of drug-likeness (QED) is 0.822. The van der Waals surface area contributed by atoms with Crippen LogP contribution >= 0.6 is 0 Å². The predicted molar refractivity (Wildman–Crippen MR) is 101 cm³/mol. The molecule has 1 fully saturated rings. The summed E-state index contributed by atoms with van der Waals surface area (Å²) in [5, 5.41) is 3.13. The first-order valence-electron chi connectivity index (χ1n) is 10.3. The maximum absolute atomic E-state index is 13.0. The number of aryl methyl sites for hydroxylation is 1. The van der Waals surface area contributed by atoms with Gasteiger partial charge in [-0.1, -0.05) is 39.0 Å². The van der Waals surface area contributed by atoms with Crippen LogP contribution in [0, 0.1) is 0 Å². The van der Waals surface area contributed by atoms with Crippen molar-refractivity contribution in [3.05, 3.63) is 33.2 Å². The summed E-state index contributed by atoms with van der Waals surface area (Å²) in [6, 6.07) is 2.15. The number of nitrogens with one attached hydrogen (secondary N) is 1. The van der Waals surface area contributed by atoms with Gasteiger partial charge in [0.25, 0.3) is 11.5 Å². The number of carbonyl (C=O) groups is 1. The number of aromatic nitrogens is 1. The van der Waals surface area contributed by atoms with Crippen LogP contribution in [0.5, 0.6) is 0 Å². The largest absolute Gasteiger partial charge is 0.349 e. The molecule has 0 bridgehead atoms. The van der Waals surface area contributed by atoms with E-state index < -0.39 is 0 Å². The number of carbonyl (C=O) groups excluding carboxylic acids is 1. The number of fused-ring (bicyclic) bond motifs is 1. The molecule has 1 amide bonds. The third-order valence-corrected chi connectivity index (χ3v) is 5.77. The Hall–Kier alpha value is -1.58. The molecule has 2 aliphatic carbocycles. The summed E-state index contributed by atoms with van der Waals surface area (Å²) in [6.07, 6.45) is 13.2. The second kappa shape index (κ2) is 8.68. The van der Waals surface area contributed by atoms with E-state index in [1.54, 1.807) is 0 Å². The van der Waals surface area contributed by atoms with E-state index in [1.807, 2.05) is 10.6 Å². The molecule has 0 radical (unpaired) electrons. The molecule has 1 aromatic heterocycles. The van der Waals surface area contributed by atoms with Crippen LogP contribution in [0.25, 0.3) is 0 Å². The number of pyridine rings is 1. The Kier molecular flexibility index (Phi) is 6.33. The van der Waals surface area contributed by atoms with E-state index in [9.17, 15) is 9.59 Å². The first-order valence-corrected chi connectivity index (χ1v) is 10.3. The van der Waals surface area contributed by atoms with Crippen LogP contribution in [0.1, 0.15) is 92.7 Å². The second-order valence-corrected chi connectivity index (χ2v) is 7.71. The minimum absolute atomic E-state index is 0.0811. The summed E-state index contributed by atoms with van der Waals surface area (Å²) in [6.45, 7) is 2.88. The van der Waals surface area contributed by atoms with Gasteiger partial charge in [0, 0.05) is 18.3 Å². The van der Waals surface area contributed by atoms with Crippen molar-refractivity contribution in [3.8, 4) is 0 Å². The van der Waals surface area contributed by atoms with Crippen LogP contribution < -0.4 is 10.9 Å². The van der Waals surface area contributed by atoms with Crippen molar-refractivity contribution in [1.82, 2.24) is 9.88 Å². The van der Waals surface area contributed by atoms with E-state index in [0.717, 1.165) is 57.9 Å². The smallest absolute Gasteiger partial charge is 0.263 e. The van der Waals surface area contributed by atoms with Crippen molar-refractivity contribution in [2.45, 2.75) is 96.6 Å². The van der Waals surface area contributed by atoms with Crippen molar-refractivity contribution in [2.75, 3.05) is 0 Å². The lowest BCUT2D eigenvalue weighted by atomic mass is 9.95. The van der Waals surface area contributed by atoms with Gasteiger partial charge in [-0.15, -0.1) is 0 Å². The second-order valence-electron chi connectivity index (χ2n) is 7.71. The first kappa shape index (κ1) is 18.2. The fourth-order valence-corrected chi connectivity index (χ4v) is 4.28. The summed E-state index contributed by atoms with van der Waals surface area (Å²) in [5.74, 6) is -0.158. The van der Waals surface area contributed by atoms with E-state index in [2.05, 4.69) is 12.2 Å². The van der Waals surface area contributed by atoms with Crippen LogP contribution in [0.4, 0.5) is 0 Å². The zero-order valence-corrected chi connectivity index (χ0v) is 15.6. The molecule has 1 aromatic rings. The number of amides is 1. The Morgan fingerprint density at radius 1 is 1.12 bits per heavy atom. The molecule has 0 saturated heterocycles. The summed E-state index contributed by atoms with van der Waals surface area (Å²) in [7, 11) is 0. The molecule has 4 heteroatoms. The Morgan fingerprint density at radius 3 is 2.60 bits per heavy atom. The van der Waals surface area contributed by atoms with Gasteiger partial charge in [0.2, 0.25) is 0 Å². The van der Waals surface area contributed by atoms with Crippen LogP contribution in [0.3, 0.4) is 0 Å². The zero-order valence-electron chi connectivity index (χ0n) is 15.6.